The van der Waals surface area contributed by atoms with E-state index in [0.717, 1.165) is 11.3 Å². The van der Waals surface area contributed by atoms with E-state index in [2.05, 4.69) is 15.5 Å². The van der Waals surface area contributed by atoms with Crippen molar-refractivity contribution in [2.75, 3.05) is 20.7 Å². The van der Waals surface area contributed by atoms with E-state index in [4.69, 9.17) is 17.0 Å². The minimum absolute atomic E-state index is 0.0179. The topological polar surface area (TPSA) is 92.2 Å². The number of carbonyl (C=O) groups is 2. The summed E-state index contributed by atoms with van der Waals surface area (Å²) in [5, 5.41) is 9.77. The molecule has 0 aliphatic heterocycles. The second-order valence-electron chi connectivity index (χ2n) is 7.21. The van der Waals surface area contributed by atoms with Crippen molar-refractivity contribution in [2.24, 2.45) is 0 Å². The molecule has 0 spiro atoms. The van der Waals surface area contributed by atoms with Crippen LogP contribution in [-0.2, 0) is 16.1 Å². The second kappa shape index (κ2) is 8.34. The molecule has 146 valence electrons. The third-order valence-corrected chi connectivity index (χ3v) is 4.03. The molecule has 0 radical (unpaired) electrons. The van der Waals surface area contributed by atoms with E-state index >= 15 is 0 Å². The molecule has 1 aromatic carbocycles. The first-order valence-electron chi connectivity index (χ1n) is 8.45. The predicted molar refractivity (Wildman–Crippen MR) is 105 cm³/mol. The summed E-state index contributed by atoms with van der Waals surface area (Å²) < 4.78 is 7.10. The van der Waals surface area contributed by atoms with Crippen molar-refractivity contribution in [3.63, 3.8) is 0 Å². The molecular formula is C18H25N5O3S. The first kappa shape index (κ1) is 20.6. The van der Waals surface area contributed by atoms with Gasteiger partial charge in [-0.15, -0.1) is 0 Å². The molecule has 0 unspecified atom stereocenters. The van der Waals surface area contributed by atoms with Gasteiger partial charge in [-0.25, -0.2) is 0 Å². The van der Waals surface area contributed by atoms with Gasteiger partial charge in [0.1, 0.15) is 12.3 Å². The lowest BCUT2D eigenvalue weighted by Crippen LogP contribution is -2.46. The van der Waals surface area contributed by atoms with E-state index in [1.807, 2.05) is 45.0 Å². The van der Waals surface area contributed by atoms with Gasteiger partial charge in [-0.3, -0.25) is 19.3 Å². The van der Waals surface area contributed by atoms with E-state index in [1.165, 1.54) is 4.90 Å². The van der Waals surface area contributed by atoms with Crippen molar-refractivity contribution in [1.82, 2.24) is 25.0 Å². The molecule has 27 heavy (non-hydrogen) atoms. The smallest absolute Gasteiger partial charge is 0.242 e. The maximum Gasteiger partial charge on any atom is 0.242 e. The van der Waals surface area contributed by atoms with Crippen LogP contribution >= 0.6 is 12.2 Å². The van der Waals surface area contributed by atoms with Gasteiger partial charge in [0.05, 0.1) is 13.7 Å². The summed E-state index contributed by atoms with van der Waals surface area (Å²) in [5.74, 6) is 0.805. The van der Waals surface area contributed by atoms with Crippen LogP contribution in [0.25, 0.3) is 11.4 Å². The summed E-state index contributed by atoms with van der Waals surface area (Å²) in [7, 11) is 3.18. The number of aromatic amines is 1. The first-order valence-corrected chi connectivity index (χ1v) is 8.86. The molecule has 0 atom stereocenters. The molecular weight excluding hydrogens is 366 g/mol. The molecule has 0 bridgehead atoms. The van der Waals surface area contributed by atoms with Crippen molar-refractivity contribution in [2.45, 2.75) is 32.9 Å². The zero-order valence-corrected chi connectivity index (χ0v) is 17.0. The highest BCUT2D eigenvalue weighted by Gasteiger charge is 2.19. The van der Waals surface area contributed by atoms with E-state index in [9.17, 15) is 9.59 Å². The number of nitrogens with one attached hydrogen (secondary N) is 2. The average molecular weight is 391 g/mol. The number of likely N-dealkylation sites (N-methyl/N-ethyl adjacent to an activating group) is 1. The number of H-pyrrole nitrogens is 1. The van der Waals surface area contributed by atoms with Crippen LogP contribution in [0, 0.1) is 4.77 Å². The van der Waals surface area contributed by atoms with Gasteiger partial charge in [0.15, 0.2) is 10.6 Å². The minimum atomic E-state index is -0.352. The highest BCUT2D eigenvalue weighted by Crippen LogP contribution is 2.21. The summed E-state index contributed by atoms with van der Waals surface area (Å²) in [6.07, 6.45) is 0. The fraction of sp³-hybridized carbons (Fsp3) is 0.444. The third kappa shape index (κ3) is 5.65. The fourth-order valence-electron chi connectivity index (χ4n) is 2.44. The third-order valence-electron chi connectivity index (χ3n) is 3.72. The van der Waals surface area contributed by atoms with Crippen molar-refractivity contribution in [3.05, 3.63) is 29.0 Å². The molecule has 1 heterocycles. The lowest BCUT2D eigenvalue weighted by atomic mass is 10.1. The Morgan fingerprint density at radius 1 is 1.30 bits per heavy atom. The number of benzene rings is 1. The summed E-state index contributed by atoms with van der Waals surface area (Å²) >= 11 is 5.26. The molecule has 0 fully saturated rings. The Bertz CT molecular complexity index is 864. The second-order valence-corrected chi connectivity index (χ2v) is 7.60. The number of ether oxygens (including phenoxy) is 1. The van der Waals surface area contributed by atoms with Gasteiger partial charge in [0.25, 0.3) is 0 Å². The number of aromatic nitrogens is 3. The standard InChI is InChI=1S/C18H25N5O3S/c1-18(2,3)19-14(24)10-22(4)15(25)11-23-16(20-21-17(23)27)12-6-8-13(26-5)9-7-12/h6-9H,10-11H2,1-5H3,(H,19,24)(H,21,27). The number of amides is 2. The van der Waals surface area contributed by atoms with Crippen LogP contribution in [0.5, 0.6) is 5.75 Å². The number of carbonyl (C=O) groups excluding carboxylic acids is 2. The maximum atomic E-state index is 12.6. The Morgan fingerprint density at radius 3 is 2.48 bits per heavy atom. The summed E-state index contributed by atoms with van der Waals surface area (Å²) in [6, 6.07) is 7.29. The quantitative estimate of drug-likeness (QED) is 0.735. The van der Waals surface area contributed by atoms with Crippen LogP contribution in [0.3, 0.4) is 0 Å². The molecule has 0 aliphatic rings. The Morgan fingerprint density at radius 2 is 1.93 bits per heavy atom. The molecule has 0 aliphatic carbocycles. The normalized spacial score (nSPS) is 11.1. The van der Waals surface area contributed by atoms with Crippen LogP contribution in [0.4, 0.5) is 0 Å². The molecule has 2 N–H and O–H groups in total. The van der Waals surface area contributed by atoms with Crippen molar-refractivity contribution in [1.29, 1.82) is 0 Å². The predicted octanol–water partition coefficient (Wildman–Crippen LogP) is 1.99. The number of rotatable bonds is 6. The molecule has 1 aromatic heterocycles. The van der Waals surface area contributed by atoms with Crippen LogP contribution in [0.2, 0.25) is 0 Å². The zero-order chi connectivity index (χ0) is 20.2. The molecule has 9 heteroatoms. The molecule has 0 saturated heterocycles. The fourth-order valence-corrected chi connectivity index (χ4v) is 2.64. The monoisotopic (exact) mass is 391 g/mol. The maximum absolute atomic E-state index is 12.6. The zero-order valence-electron chi connectivity index (χ0n) is 16.2. The molecule has 2 aromatic rings. The highest BCUT2D eigenvalue weighted by molar-refractivity contribution is 7.71. The van der Waals surface area contributed by atoms with Gasteiger partial charge >= 0.3 is 0 Å². The Labute approximate surface area is 163 Å². The minimum Gasteiger partial charge on any atom is -0.497 e. The molecule has 2 amide bonds. The van der Waals surface area contributed by atoms with E-state index < -0.39 is 0 Å². The van der Waals surface area contributed by atoms with Crippen molar-refractivity contribution in [3.8, 4) is 17.1 Å². The van der Waals surface area contributed by atoms with E-state index in [-0.39, 0.29) is 30.4 Å². The molecule has 8 nitrogen and oxygen atoms in total. The average Bonchev–Trinajstić information content (AvgIpc) is 2.94. The Hall–Kier alpha value is -2.68. The lowest BCUT2D eigenvalue weighted by Gasteiger charge is -2.23. The number of hydrogen-bond acceptors (Lipinski definition) is 5. The van der Waals surface area contributed by atoms with Crippen LogP contribution in [0.1, 0.15) is 20.8 Å². The number of methoxy groups -OCH3 is 1. The first-order chi connectivity index (χ1) is 12.6. The van der Waals surface area contributed by atoms with E-state index in [0.29, 0.717) is 10.6 Å². The SMILES string of the molecule is COc1ccc(-c2n[nH]c(=S)n2CC(=O)N(C)CC(=O)NC(C)(C)C)cc1. The lowest BCUT2D eigenvalue weighted by molar-refractivity contribution is -0.135. The number of hydrogen-bond donors (Lipinski definition) is 2. The van der Waals surface area contributed by atoms with Crippen LogP contribution in [0.15, 0.2) is 24.3 Å². The largest absolute Gasteiger partial charge is 0.497 e. The van der Waals surface area contributed by atoms with Gasteiger partial charge in [-0.2, -0.15) is 5.10 Å². The summed E-state index contributed by atoms with van der Waals surface area (Å²) in [6.45, 7) is 5.62. The van der Waals surface area contributed by atoms with Crippen molar-refractivity contribution >= 4 is 24.0 Å². The summed E-state index contributed by atoms with van der Waals surface area (Å²) in [4.78, 5) is 26.0. The van der Waals surface area contributed by atoms with Gasteiger partial charge in [-0.1, -0.05) is 0 Å². The Balaban J connectivity index is 2.12. The van der Waals surface area contributed by atoms with Crippen LogP contribution < -0.4 is 10.1 Å². The van der Waals surface area contributed by atoms with Gasteiger partial charge in [-0.05, 0) is 57.3 Å². The molecule has 0 saturated carbocycles. The van der Waals surface area contributed by atoms with Gasteiger partial charge < -0.3 is 15.0 Å². The highest BCUT2D eigenvalue weighted by atomic mass is 32.1. The summed E-state index contributed by atoms with van der Waals surface area (Å²) in [5.41, 5.74) is 0.444. The van der Waals surface area contributed by atoms with Crippen LogP contribution in [-0.4, -0.2) is 57.7 Å². The van der Waals surface area contributed by atoms with Gasteiger partial charge in [0, 0.05) is 18.2 Å². The molecule has 2 rings (SSSR count). The number of nitrogens with zero attached hydrogens (tertiary/aromatic N) is 3. The van der Waals surface area contributed by atoms with E-state index in [1.54, 1.807) is 18.7 Å². The van der Waals surface area contributed by atoms with Crippen molar-refractivity contribution < 1.29 is 14.3 Å². The van der Waals surface area contributed by atoms with Gasteiger partial charge in [0.2, 0.25) is 11.8 Å². The Kier molecular flexibility index (Phi) is 6.37.